The minimum absolute atomic E-state index is 0.286. The maximum atomic E-state index is 12.4. The van der Waals surface area contributed by atoms with Crippen LogP contribution in [0.3, 0.4) is 0 Å². The predicted octanol–water partition coefficient (Wildman–Crippen LogP) is 3.11. The molecule has 0 saturated carbocycles. The first-order valence-electron chi connectivity index (χ1n) is 8.56. The Balaban J connectivity index is 1.67. The van der Waals surface area contributed by atoms with Gasteiger partial charge in [-0.15, -0.1) is 11.3 Å². The number of hydrazine groups is 1. The third-order valence-electron chi connectivity index (χ3n) is 4.41. The van der Waals surface area contributed by atoms with Gasteiger partial charge in [-0.25, -0.2) is 0 Å². The van der Waals surface area contributed by atoms with Crippen molar-refractivity contribution in [3.63, 3.8) is 0 Å². The summed E-state index contributed by atoms with van der Waals surface area (Å²) < 4.78 is 10.3. The first-order chi connectivity index (χ1) is 12.6. The van der Waals surface area contributed by atoms with Crippen LogP contribution >= 0.6 is 11.3 Å². The molecule has 7 heteroatoms. The standard InChI is InChI=1S/C19H22N2O4S/c1-24-13-8-9-15(25-2)14(11-13)18(22)20-21-19(23)17-10-12-6-4-3-5-7-16(12)26-17/h8-11H,3-7H2,1-2H3,(H,20,22)(H,21,23). The Labute approximate surface area is 156 Å². The zero-order valence-electron chi connectivity index (χ0n) is 14.9. The molecule has 2 aromatic rings. The highest BCUT2D eigenvalue weighted by atomic mass is 32.1. The van der Waals surface area contributed by atoms with Gasteiger partial charge in [-0.1, -0.05) is 6.42 Å². The molecule has 0 spiro atoms. The lowest BCUT2D eigenvalue weighted by atomic mass is 10.1. The van der Waals surface area contributed by atoms with Gasteiger partial charge in [-0.05, 0) is 55.5 Å². The zero-order valence-corrected chi connectivity index (χ0v) is 15.7. The van der Waals surface area contributed by atoms with Gasteiger partial charge in [0.2, 0.25) is 0 Å². The van der Waals surface area contributed by atoms with E-state index in [9.17, 15) is 9.59 Å². The normalized spacial score (nSPS) is 13.3. The zero-order chi connectivity index (χ0) is 18.5. The second kappa shape index (κ2) is 8.23. The molecule has 2 amide bonds. The second-order valence-electron chi connectivity index (χ2n) is 6.09. The van der Waals surface area contributed by atoms with Crippen LogP contribution in [-0.2, 0) is 12.8 Å². The molecule has 0 atom stereocenters. The number of fused-ring (bicyclic) bond motifs is 1. The van der Waals surface area contributed by atoms with Crippen molar-refractivity contribution >= 4 is 23.2 Å². The first kappa shape index (κ1) is 18.3. The molecule has 138 valence electrons. The van der Waals surface area contributed by atoms with Gasteiger partial charge in [0.25, 0.3) is 11.8 Å². The molecule has 1 heterocycles. The minimum Gasteiger partial charge on any atom is -0.497 e. The molecule has 0 unspecified atom stereocenters. The average Bonchev–Trinajstić information content (AvgIpc) is 2.95. The monoisotopic (exact) mass is 374 g/mol. The van der Waals surface area contributed by atoms with E-state index in [1.54, 1.807) is 18.2 Å². The van der Waals surface area contributed by atoms with Gasteiger partial charge in [-0.2, -0.15) is 0 Å². The molecule has 1 aromatic carbocycles. The first-order valence-corrected chi connectivity index (χ1v) is 9.38. The fourth-order valence-electron chi connectivity index (χ4n) is 3.01. The Morgan fingerprint density at radius 2 is 1.73 bits per heavy atom. The van der Waals surface area contributed by atoms with E-state index < -0.39 is 5.91 Å². The maximum Gasteiger partial charge on any atom is 0.279 e. The Kier molecular flexibility index (Phi) is 5.78. The molecule has 6 nitrogen and oxygen atoms in total. The lowest BCUT2D eigenvalue weighted by Crippen LogP contribution is -2.41. The van der Waals surface area contributed by atoms with Crippen LogP contribution in [0.1, 0.15) is 49.7 Å². The van der Waals surface area contributed by atoms with Gasteiger partial charge in [0.1, 0.15) is 11.5 Å². The molecule has 26 heavy (non-hydrogen) atoms. The minimum atomic E-state index is -0.466. The summed E-state index contributed by atoms with van der Waals surface area (Å²) in [5, 5.41) is 0. The maximum absolute atomic E-state index is 12.4. The van der Waals surface area contributed by atoms with E-state index >= 15 is 0 Å². The van der Waals surface area contributed by atoms with Crippen LogP contribution < -0.4 is 20.3 Å². The van der Waals surface area contributed by atoms with Crippen LogP contribution in [0, 0.1) is 0 Å². The van der Waals surface area contributed by atoms with Crippen LogP contribution in [0.4, 0.5) is 0 Å². The van der Waals surface area contributed by atoms with Crippen molar-refractivity contribution in [3.8, 4) is 11.5 Å². The van der Waals surface area contributed by atoms with E-state index in [1.807, 2.05) is 6.07 Å². The number of carbonyl (C=O) groups is 2. The van der Waals surface area contributed by atoms with E-state index in [4.69, 9.17) is 9.47 Å². The summed E-state index contributed by atoms with van der Waals surface area (Å²) in [5.74, 6) is 0.162. The topological polar surface area (TPSA) is 76.7 Å². The number of carbonyl (C=O) groups excluding carboxylic acids is 2. The van der Waals surface area contributed by atoms with Crippen molar-refractivity contribution in [1.82, 2.24) is 10.9 Å². The summed E-state index contributed by atoms with van der Waals surface area (Å²) in [4.78, 5) is 26.7. The molecule has 0 saturated heterocycles. The van der Waals surface area contributed by atoms with Crippen molar-refractivity contribution in [2.75, 3.05) is 14.2 Å². The van der Waals surface area contributed by atoms with E-state index in [-0.39, 0.29) is 11.5 Å². The fourth-order valence-corrected chi connectivity index (χ4v) is 4.16. The summed E-state index contributed by atoms with van der Waals surface area (Å²) in [6, 6.07) is 6.85. The molecule has 1 aliphatic carbocycles. The number of hydrogen-bond acceptors (Lipinski definition) is 5. The molecule has 1 aromatic heterocycles. The molecular weight excluding hydrogens is 352 g/mol. The van der Waals surface area contributed by atoms with Crippen molar-refractivity contribution in [2.24, 2.45) is 0 Å². The Morgan fingerprint density at radius 3 is 2.50 bits per heavy atom. The van der Waals surface area contributed by atoms with Gasteiger partial charge in [0, 0.05) is 4.88 Å². The molecule has 0 bridgehead atoms. The number of amides is 2. The van der Waals surface area contributed by atoms with Crippen molar-refractivity contribution in [1.29, 1.82) is 0 Å². The molecule has 2 N–H and O–H groups in total. The molecule has 3 rings (SSSR count). The highest BCUT2D eigenvalue weighted by Crippen LogP contribution is 2.29. The van der Waals surface area contributed by atoms with Crippen molar-refractivity contribution in [3.05, 3.63) is 45.1 Å². The number of methoxy groups -OCH3 is 2. The third kappa shape index (κ3) is 3.99. The predicted molar refractivity (Wildman–Crippen MR) is 100 cm³/mol. The Hall–Kier alpha value is -2.54. The number of benzene rings is 1. The van der Waals surface area contributed by atoms with Gasteiger partial charge in [0.15, 0.2) is 0 Å². The number of thiophene rings is 1. The van der Waals surface area contributed by atoms with E-state index in [0.29, 0.717) is 16.4 Å². The number of hydrogen-bond donors (Lipinski definition) is 2. The Bertz CT molecular complexity index is 792. The van der Waals surface area contributed by atoms with Gasteiger partial charge in [-0.3, -0.25) is 20.4 Å². The molecule has 0 fully saturated rings. The molecule has 0 radical (unpaired) electrons. The number of aryl methyl sites for hydroxylation is 2. The summed E-state index contributed by atoms with van der Waals surface area (Å²) in [7, 11) is 3.00. The number of rotatable bonds is 4. The Morgan fingerprint density at radius 1 is 0.962 bits per heavy atom. The summed E-state index contributed by atoms with van der Waals surface area (Å²) in [6.07, 6.45) is 5.62. The fraction of sp³-hybridized carbons (Fsp3) is 0.368. The van der Waals surface area contributed by atoms with Crippen LogP contribution in [0.15, 0.2) is 24.3 Å². The lowest BCUT2D eigenvalue weighted by Gasteiger charge is -2.11. The molecular formula is C19H22N2O4S. The lowest BCUT2D eigenvalue weighted by molar-refractivity contribution is 0.0847. The highest BCUT2D eigenvalue weighted by molar-refractivity contribution is 7.14. The highest BCUT2D eigenvalue weighted by Gasteiger charge is 2.18. The average molecular weight is 374 g/mol. The van der Waals surface area contributed by atoms with Gasteiger partial charge < -0.3 is 9.47 Å². The van der Waals surface area contributed by atoms with Crippen LogP contribution in [0.5, 0.6) is 11.5 Å². The number of nitrogens with one attached hydrogen (secondary N) is 2. The van der Waals surface area contributed by atoms with Gasteiger partial charge in [0.05, 0.1) is 24.7 Å². The SMILES string of the molecule is COc1ccc(OC)c(C(=O)NNC(=O)c2cc3c(s2)CCCCC3)c1. The van der Waals surface area contributed by atoms with Crippen LogP contribution in [-0.4, -0.2) is 26.0 Å². The third-order valence-corrected chi connectivity index (χ3v) is 5.65. The van der Waals surface area contributed by atoms with E-state index in [0.717, 1.165) is 19.3 Å². The second-order valence-corrected chi connectivity index (χ2v) is 7.23. The van der Waals surface area contributed by atoms with Gasteiger partial charge >= 0.3 is 0 Å². The molecule has 0 aliphatic heterocycles. The molecule has 1 aliphatic rings. The van der Waals surface area contributed by atoms with Crippen LogP contribution in [0.25, 0.3) is 0 Å². The summed E-state index contributed by atoms with van der Waals surface area (Å²) in [6.45, 7) is 0. The summed E-state index contributed by atoms with van der Waals surface area (Å²) >= 11 is 1.51. The largest absolute Gasteiger partial charge is 0.497 e. The van der Waals surface area contributed by atoms with Crippen molar-refractivity contribution in [2.45, 2.75) is 32.1 Å². The van der Waals surface area contributed by atoms with E-state index in [1.165, 1.54) is 48.8 Å². The smallest absolute Gasteiger partial charge is 0.279 e. The van der Waals surface area contributed by atoms with Crippen LogP contribution in [0.2, 0.25) is 0 Å². The summed E-state index contributed by atoms with van der Waals surface area (Å²) in [5.41, 5.74) is 6.48. The number of ether oxygens (including phenoxy) is 2. The van der Waals surface area contributed by atoms with E-state index in [2.05, 4.69) is 10.9 Å². The van der Waals surface area contributed by atoms with Crippen molar-refractivity contribution < 1.29 is 19.1 Å². The quantitative estimate of drug-likeness (QED) is 0.637.